The molecule has 0 bridgehead atoms. The summed E-state index contributed by atoms with van der Waals surface area (Å²) in [7, 11) is 1.06. The second kappa shape index (κ2) is 19.3. The highest BCUT2D eigenvalue weighted by Crippen LogP contribution is 2.37. The van der Waals surface area contributed by atoms with Gasteiger partial charge in [0, 0.05) is 40.5 Å². The molecule has 0 aliphatic carbocycles. The Bertz CT molecular complexity index is 963. The first-order chi connectivity index (χ1) is 20.3. The zero-order chi connectivity index (χ0) is 32.6. The number of hydrogen-bond donors (Lipinski definition) is 1. The second-order valence-electron chi connectivity index (χ2n) is 9.19. The van der Waals surface area contributed by atoms with E-state index >= 15 is 0 Å². The summed E-state index contributed by atoms with van der Waals surface area (Å²) >= 11 is 5.56. The van der Waals surface area contributed by atoms with Crippen LogP contribution < -0.4 is 5.32 Å². The number of rotatable bonds is 18. The summed E-state index contributed by atoms with van der Waals surface area (Å²) in [5.74, 6) is -6.93. The molecule has 0 aromatic carbocycles. The molecule has 0 unspecified atom stereocenters. The Labute approximate surface area is 254 Å². The summed E-state index contributed by atoms with van der Waals surface area (Å²) in [6.07, 6.45) is -6.55. The number of amides is 1. The molecule has 0 aromatic rings. The maximum Gasteiger partial charge on any atom is 0.366 e. The lowest BCUT2D eigenvalue weighted by Gasteiger charge is -2.48. The highest BCUT2D eigenvalue weighted by Gasteiger charge is 2.59. The van der Waals surface area contributed by atoms with E-state index in [4.69, 9.17) is 54.2 Å². The normalized spacial score (nSPS) is 22.8. The first-order valence-electron chi connectivity index (χ1n) is 13.3. The number of halogens is 1. The summed E-state index contributed by atoms with van der Waals surface area (Å²) in [5.41, 5.74) is 0. The van der Waals surface area contributed by atoms with Crippen LogP contribution in [0.2, 0.25) is 0 Å². The Hall–Kier alpha value is -3.05. The number of esters is 5. The van der Waals surface area contributed by atoms with Crippen LogP contribution in [0, 0.1) is 0 Å². The lowest BCUT2D eigenvalue weighted by molar-refractivity contribution is -0.315. The Morgan fingerprint density at radius 2 is 1.47 bits per heavy atom. The van der Waals surface area contributed by atoms with Crippen molar-refractivity contribution < 1.29 is 71.4 Å². The number of alkyl halides is 1. The van der Waals surface area contributed by atoms with Crippen molar-refractivity contribution in [2.24, 2.45) is 0 Å². The average molecular weight is 642 g/mol. The van der Waals surface area contributed by atoms with Crippen LogP contribution in [0.4, 0.5) is 0 Å². The van der Waals surface area contributed by atoms with Crippen molar-refractivity contribution in [1.29, 1.82) is 0 Å². The highest BCUT2D eigenvalue weighted by molar-refractivity contribution is 6.17. The van der Waals surface area contributed by atoms with Gasteiger partial charge in [-0.1, -0.05) is 0 Å². The number of carbonyl (C=O) groups excluding carboxylic acids is 6. The van der Waals surface area contributed by atoms with Crippen LogP contribution in [-0.2, 0) is 71.4 Å². The van der Waals surface area contributed by atoms with E-state index in [0.717, 1.165) is 41.7 Å². The highest BCUT2D eigenvalue weighted by atomic mass is 35.5. The summed E-state index contributed by atoms with van der Waals surface area (Å²) < 4.78 is 48.8. The predicted molar refractivity (Wildman–Crippen MR) is 143 cm³/mol. The lowest BCUT2D eigenvalue weighted by atomic mass is 9.88. The first kappa shape index (κ1) is 38.0. The molecule has 1 N–H and O–H groups in total. The topological polar surface area (TPSA) is 198 Å². The Morgan fingerprint density at radius 3 is 1.98 bits per heavy atom. The van der Waals surface area contributed by atoms with Gasteiger partial charge < -0.3 is 47.9 Å². The van der Waals surface area contributed by atoms with Crippen LogP contribution in [0.1, 0.15) is 41.0 Å². The van der Waals surface area contributed by atoms with Crippen molar-refractivity contribution >= 4 is 47.4 Å². The predicted octanol–water partition coefficient (Wildman–Crippen LogP) is -0.204. The van der Waals surface area contributed by atoms with Crippen molar-refractivity contribution in [1.82, 2.24) is 5.32 Å². The minimum atomic E-state index is -2.30. The van der Waals surface area contributed by atoms with Crippen molar-refractivity contribution in [2.45, 2.75) is 77.3 Å². The Morgan fingerprint density at radius 1 is 0.860 bits per heavy atom. The number of nitrogens with one attached hydrogen (secondary N) is 1. The number of hydrogen-bond acceptors (Lipinski definition) is 15. The van der Waals surface area contributed by atoms with Gasteiger partial charge >= 0.3 is 29.8 Å². The molecule has 17 heteroatoms. The lowest BCUT2D eigenvalue weighted by Crippen LogP contribution is -2.69. The van der Waals surface area contributed by atoms with Gasteiger partial charge in [0.15, 0.2) is 12.2 Å². The SMILES string of the molecule is COC(=O)[C@]1(OCCOCCOCCCl)C[C@H](OC(C)=O)[C@@H](NC(C)=O)[C@H]([C@H](OC(C)=O)[C@@H](COC(C)=O)OC(C)=O)O1. The van der Waals surface area contributed by atoms with Gasteiger partial charge in [-0.05, 0) is 0 Å². The van der Waals surface area contributed by atoms with Gasteiger partial charge in [-0.3, -0.25) is 24.0 Å². The van der Waals surface area contributed by atoms with E-state index in [-0.39, 0.29) is 26.4 Å². The van der Waals surface area contributed by atoms with Gasteiger partial charge in [0.1, 0.15) is 18.8 Å². The molecule has 0 spiro atoms. The van der Waals surface area contributed by atoms with Crippen LogP contribution >= 0.6 is 11.6 Å². The number of carbonyl (C=O) groups is 6. The standard InChI is InChI=1S/C26H40ClNO15/c1-15(29)28-22-20(40-17(3)31)13-26(25(34)35-6,39-12-11-37-10-9-36-8-7-27)43-24(22)23(42-19(5)33)21(41-18(4)32)14-38-16(2)30/h20-24H,7-14H2,1-6H3,(H,28,29)/t20-,21+,22+,23+,24+,26-/m0/s1. The summed E-state index contributed by atoms with van der Waals surface area (Å²) in [6.45, 7) is 5.35. The van der Waals surface area contributed by atoms with Crippen molar-refractivity contribution in [2.75, 3.05) is 52.6 Å². The molecule has 0 aromatic heterocycles. The van der Waals surface area contributed by atoms with E-state index in [2.05, 4.69) is 5.32 Å². The molecule has 1 fully saturated rings. The minimum Gasteiger partial charge on any atom is -0.465 e. The fourth-order valence-electron chi connectivity index (χ4n) is 4.19. The third-order valence-electron chi connectivity index (χ3n) is 5.65. The van der Waals surface area contributed by atoms with E-state index in [0.29, 0.717) is 12.5 Å². The summed E-state index contributed by atoms with van der Waals surface area (Å²) in [5, 5.41) is 2.57. The number of ether oxygens (including phenoxy) is 9. The van der Waals surface area contributed by atoms with Gasteiger partial charge in [-0.25, -0.2) is 4.79 Å². The van der Waals surface area contributed by atoms with Crippen molar-refractivity contribution in [3.63, 3.8) is 0 Å². The fraction of sp³-hybridized carbons (Fsp3) is 0.769. The molecule has 43 heavy (non-hydrogen) atoms. The molecule has 6 atom stereocenters. The Kier molecular flexibility index (Phi) is 17.0. The molecule has 0 radical (unpaired) electrons. The van der Waals surface area contributed by atoms with Gasteiger partial charge in [-0.15, -0.1) is 11.6 Å². The molecule has 1 amide bonds. The van der Waals surface area contributed by atoms with Gasteiger partial charge in [0.25, 0.3) is 5.79 Å². The maximum atomic E-state index is 13.2. The van der Waals surface area contributed by atoms with E-state index in [1.165, 1.54) is 0 Å². The molecule has 1 rings (SSSR count). The van der Waals surface area contributed by atoms with Crippen LogP contribution in [0.15, 0.2) is 0 Å². The smallest absolute Gasteiger partial charge is 0.366 e. The zero-order valence-electron chi connectivity index (χ0n) is 25.0. The monoisotopic (exact) mass is 641 g/mol. The quantitative estimate of drug-likeness (QED) is 0.0892. The average Bonchev–Trinajstić information content (AvgIpc) is 2.91. The van der Waals surface area contributed by atoms with Gasteiger partial charge in [-0.2, -0.15) is 0 Å². The molecular formula is C26H40ClNO15. The maximum absolute atomic E-state index is 13.2. The molecule has 16 nitrogen and oxygen atoms in total. The van der Waals surface area contributed by atoms with Gasteiger partial charge in [0.05, 0.1) is 52.6 Å². The second-order valence-corrected chi connectivity index (χ2v) is 9.57. The van der Waals surface area contributed by atoms with E-state index in [1.807, 2.05) is 0 Å². The molecular weight excluding hydrogens is 602 g/mol. The van der Waals surface area contributed by atoms with Crippen LogP contribution in [0.3, 0.4) is 0 Å². The van der Waals surface area contributed by atoms with E-state index < -0.39 is 85.0 Å². The molecule has 0 saturated carbocycles. The van der Waals surface area contributed by atoms with Gasteiger partial charge in [0.2, 0.25) is 5.91 Å². The van der Waals surface area contributed by atoms with Crippen molar-refractivity contribution in [3.05, 3.63) is 0 Å². The van der Waals surface area contributed by atoms with E-state index in [1.54, 1.807) is 0 Å². The third kappa shape index (κ3) is 13.4. The molecule has 1 aliphatic rings. The molecule has 1 heterocycles. The van der Waals surface area contributed by atoms with E-state index in [9.17, 15) is 28.8 Å². The first-order valence-corrected chi connectivity index (χ1v) is 13.8. The van der Waals surface area contributed by atoms with Crippen molar-refractivity contribution in [3.8, 4) is 0 Å². The summed E-state index contributed by atoms with van der Waals surface area (Å²) in [6, 6.07) is -1.29. The fourth-order valence-corrected chi connectivity index (χ4v) is 4.30. The molecule has 1 saturated heterocycles. The van der Waals surface area contributed by atoms with Crippen LogP contribution in [0.25, 0.3) is 0 Å². The molecule has 246 valence electrons. The van der Waals surface area contributed by atoms with Crippen LogP contribution in [-0.4, -0.2) is 125 Å². The Balaban J connectivity index is 3.58. The zero-order valence-corrected chi connectivity index (χ0v) is 25.8. The summed E-state index contributed by atoms with van der Waals surface area (Å²) in [4.78, 5) is 73.4. The minimum absolute atomic E-state index is 0.0414. The largest absolute Gasteiger partial charge is 0.465 e. The third-order valence-corrected chi connectivity index (χ3v) is 5.81. The molecule has 1 aliphatic heterocycles. The van der Waals surface area contributed by atoms with Crippen LogP contribution in [0.5, 0.6) is 0 Å². The number of methoxy groups -OCH3 is 1.